The second-order valence-corrected chi connectivity index (χ2v) is 8.22. The summed E-state index contributed by atoms with van der Waals surface area (Å²) in [6.45, 7) is 0. The van der Waals surface area contributed by atoms with Gasteiger partial charge in [0.2, 0.25) is 0 Å². The van der Waals surface area contributed by atoms with E-state index < -0.39 is 0 Å². The van der Waals surface area contributed by atoms with Crippen LogP contribution in [-0.2, 0) is 0 Å². The van der Waals surface area contributed by atoms with Crippen LogP contribution in [0.5, 0.6) is 0 Å². The quantitative estimate of drug-likeness (QED) is 0.420. The van der Waals surface area contributed by atoms with Crippen LogP contribution in [0.1, 0.15) is 0 Å². The summed E-state index contributed by atoms with van der Waals surface area (Å²) in [5.41, 5.74) is 5.93. The molecule has 0 bridgehead atoms. The highest BCUT2D eigenvalue weighted by Gasteiger charge is 2.18. The Labute approximate surface area is 178 Å². The van der Waals surface area contributed by atoms with Crippen LogP contribution in [0, 0.1) is 0 Å². The number of fused-ring (bicyclic) bond motifs is 2. The zero-order valence-corrected chi connectivity index (χ0v) is 16.7. The third-order valence-electron chi connectivity index (χ3n) is 4.67. The lowest BCUT2D eigenvalue weighted by Gasteiger charge is -1.99. The number of aromatic amines is 2. The Morgan fingerprint density at radius 3 is 2.57 bits per heavy atom. The largest absolute Gasteiger partial charge is 0.336 e. The van der Waals surface area contributed by atoms with Crippen molar-refractivity contribution >= 4 is 45.0 Å². The monoisotopic (exact) mass is 430 g/mol. The SMILES string of the molecule is Clc1ccc(-c2nccc3[nH]c(-c4n[nH]c5ccc(-c6cnccn6)nc45)nc23)s1. The van der Waals surface area contributed by atoms with Crippen molar-refractivity contribution < 1.29 is 0 Å². The van der Waals surface area contributed by atoms with Crippen LogP contribution >= 0.6 is 22.9 Å². The number of nitrogens with zero attached hydrogens (tertiary/aromatic N) is 6. The Morgan fingerprint density at radius 2 is 1.73 bits per heavy atom. The molecule has 0 saturated heterocycles. The second-order valence-electron chi connectivity index (χ2n) is 6.50. The van der Waals surface area contributed by atoms with Crippen LogP contribution in [0.3, 0.4) is 0 Å². The van der Waals surface area contributed by atoms with Crippen molar-refractivity contribution in [1.29, 1.82) is 0 Å². The van der Waals surface area contributed by atoms with Gasteiger partial charge in [-0.25, -0.2) is 9.97 Å². The minimum atomic E-state index is 0.608. The molecule has 10 heteroatoms. The highest BCUT2D eigenvalue weighted by molar-refractivity contribution is 7.19. The Balaban J connectivity index is 1.52. The van der Waals surface area contributed by atoms with Gasteiger partial charge in [-0.2, -0.15) is 5.10 Å². The van der Waals surface area contributed by atoms with E-state index >= 15 is 0 Å². The van der Waals surface area contributed by atoms with Crippen molar-refractivity contribution in [2.45, 2.75) is 0 Å². The Kier molecular flexibility index (Phi) is 3.83. The van der Waals surface area contributed by atoms with E-state index in [1.165, 1.54) is 11.3 Å². The van der Waals surface area contributed by atoms with Crippen LogP contribution in [-0.4, -0.2) is 40.1 Å². The maximum atomic E-state index is 6.11. The van der Waals surface area contributed by atoms with Crippen LogP contribution in [0.4, 0.5) is 0 Å². The summed E-state index contributed by atoms with van der Waals surface area (Å²) < 4.78 is 0.707. The fourth-order valence-electron chi connectivity index (χ4n) is 3.31. The van der Waals surface area contributed by atoms with Gasteiger partial charge in [0, 0.05) is 18.6 Å². The number of aromatic nitrogens is 8. The Morgan fingerprint density at radius 1 is 0.800 bits per heavy atom. The summed E-state index contributed by atoms with van der Waals surface area (Å²) in [5.74, 6) is 0.608. The van der Waals surface area contributed by atoms with Crippen molar-refractivity contribution in [2.75, 3.05) is 0 Å². The molecule has 6 heterocycles. The van der Waals surface area contributed by atoms with Gasteiger partial charge in [0.25, 0.3) is 0 Å². The fourth-order valence-corrected chi connectivity index (χ4v) is 4.35. The first-order valence-electron chi connectivity index (χ1n) is 8.98. The maximum Gasteiger partial charge on any atom is 0.161 e. The molecular formula is C20H11ClN8S. The average Bonchev–Trinajstić information content (AvgIpc) is 3.51. The van der Waals surface area contributed by atoms with Crippen LogP contribution in [0.15, 0.2) is 55.1 Å². The van der Waals surface area contributed by atoms with Gasteiger partial charge in [-0.15, -0.1) is 11.3 Å². The van der Waals surface area contributed by atoms with Gasteiger partial charge in [-0.3, -0.25) is 20.1 Å². The van der Waals surface area contributed by atoms with Crippen molar-refractivity contribution in [3.8, 4) is 33.5 Å². The van der Waals surface area contributed by atoms with Crippen molar-refractivity contribution in [2.24, 2.45) is 0 Å². The fraction of sp³-hybridized carbons (Fsp3) is 0. The smallest absolute Gasteiger partial charge is 0.161 e. The van der Waals surface area contributed by atoms with Gasteiger partial charge in [0.1, 0.15) is 22.4 Å². The molecule has 0 amide bonds. The summed E-state index contributed by atoms with van der Waals surface area (Å²) in [5, 5.41) is 7.47. The van der Waals surface area contributed by atoms with Crippen molar-refractivity contribution in [3.05, 3.63) is 59.5 Å². The van der Waals surface area contributed by atoms with Crippen molar-refractivity contribution in [1.82, 2.24) is 40.1 Å². The van der Waals surface area contributed by atoms with Crippen LogP contribution < -0.4 is 0 Å². The highest BCUT2D eigenvalue weighted by Crippen LogP contribution is 2.34. The molecule has 0 aliphatic rings. The molecule has 8 nitrogen and oxygen atoms in total. The first-order chi connectivity index (χ1) is 14.8. The number of hydrogen-bond acceptors (Lipinski definition) is 7. The maximum absolute atomic E-state index is 6.11. The lowest BCUT2D eigenvalue weighted by molar-refractivity contribution is 1.10. The third kappa shape index (κ3) is 2.75. The zero-order chi connectivity index (χ0) is 20.1. The van der Waals surface area contributed by atoms with Gasteiger partial charge in [0.15, 0.2) is 11.5 Å². The molecule has 30 heavy (non-hydrogen) atoms. The second kappa shape index (κ2) is 6.68. The standard InChI is InChI=1S/C20H11ClN8S/c21-15-4-3-14(30-15)18-16-11(5-6-24-18)26-20(27-16)19-17-12(28-29-19)2-1-10(25-17)13-9-22-7-8-23-13/h1-9H,(H,26,27)(H,28,29). The molecule has 0 atom stereocenters. The molecule has 0 unspecified atom stereocenters. The molecule has 0 saturated carbocycles. The van der Waals surface area contributed by atoms with Gasteiger partial charge in [0.05, 0.1) is 32.1 Å². The number of pyridine rings is 2. The highest BCUT2D eigenvalue weighted by atomic mass is 35.5. The summed E-state index contributed by atoms with van der Waals surface area (Å²) >= 11 is 7.58. The molecule has 6 rings (SSSR count). The predicted octanol–water partition coefficient (Wildman–Crippen LogP) is 4.74. The number of rotatable bonds is 3. The average molecular weight is 431 g/mol. The van der Waals surface area contributed by atoms with Crippen LogP contribution in [0.25, 0.3) is 55.5 Å². The number of thiophene rings is 1. The molecule has 0 aliphatic carbocycles. The topological polar surface area (TPSA) is 109 Å². The van der Waals surface area contributed by atoms with Gasteiger partial charge in [-0.1, -0.05) is 11.6 Å². The number of halogens is 1. The van der Waals surface area contributed by atoms with Gasteiger partial charge in [-0.05, 0) is 30.3 Å². The molecule has 0 aliphatic heterocycles. The summed E-state index contributed by atoms with van der Waals surface area (Å²) in [6, 6.07) is 9.50. The number of nitrogens with one attached hydrogen (secondary N) is 2. The normalized spacial score (nSPS) is 11.5. The van der Waals surface area contributed by atoms with E-state index in [-0.39, 0.29) is 0 Å². The molecule has 6 aromatic heterocycles. The Bertz CT molecular complexity index is 1520. The molecule has 0 fully saturated rings. The van der Waals surface area contributed by atoms with E-state index in [0.29, 0.717) is 32.8 Å². The van der Waals surface area contributed by atoms with E-state index in [4.69, 9.17) is 21.6 Å². The molecular weight excluding hydrogens is 420 g/mol. The molecule has 0 spiro atoms. The van der Waals surface area contributed by atoms with E-state index in [0.717, 1.165) is 27.1 Å². The van der Waals surface area contributed by atoms with E-state index in [9.17, 15) is 0 Å². The summed E-state index contributed by atoms with van der Waals surface area (Å²) in [7, 11) is 0. The predicted molar refractivity (Wildman–Crippen MR) is 116 cm³/mol. The minimum Gasteiger partial charge on any atom is -0.336 e. The third-order valence-corrected chi connectivity index (χ3v) is 5.90. The lowest BCUT2D eigenvalue weighted by Crippen LogP contribution is -1.89. The molecule has 0 aromatic carbocycles. The summed E-state index contributed by atoms with van der Waals surface area (Å²) in [4.78, 5) is 26.8. The van der Waals surface area contributed by atoms with Gasteiger partial charge >= 0.3 is 0 Å². The summed E-state index contributed by atoms with van der Waals surface area (Å²) in [6.07, 6.45) is 6.70. The molecule has 144 valence electrons. The van der Waals surface area contributed by atoms with Crippen LogP contribution in [0.2, 0.25) is 4.34 Å². The molecule has 6 aromatic rings. The number of hydrogen-bond donors (Lipinski definition) is 2. The van der Waals surface area contributed by atoms with E-state index in [2.05, 4.69) is 30.1 Å². The first-order valence-corrected chi connectivity index (χ1v) is 10.2. The van der Waals surface area contributed by atoms with Gasteiger partial charge < -0.3 is 4.98 Å². The van der Waals surface area contributed by atoms with Crippen molar-refractivity contribution in [3.63, 3.8) is 0 Å². The minimum absolute atomic E-state index is 0.608. The number of H-pyrrole nitrogens is 2. The van der Waals surface area contributed by atoms with E-state index in [1.807, 2.05) is 30.3 Å². The number of imidazole rings is 1. The zero-order valence-electron chi connectivity index (χ0n) is 15.2. The lowest BCUT2D eigenvalue weighted by atomic mass is 10.2. The molecule has 2 N–H and O–H groups in total. The van der Waals surface area contributed by atoms with E-state index in [1.54, 1.807) is 24.8 Å². The Hall–Kier alpha value is -3.69. The molecule has 0 radical (unpaired) electrons. The first kappa shape index (κ1) is 17.2.